The highest BCUT2D eigenvalue weighted by Gasteiger charge is 2.31. The number of nitrogens with two attached hydrogens (primary N) is 1. The van der Waals surface area contributed by atoms with Crippen molar-refractivity contribution in [1.82, 2.24) is 10.3 Å². The molecule has 31 heavy (non-hydrogen) atoms. The third-order valence-corrected chi connectivity index (χ3v) is 5.88. The molecule has 3 N–H and O–H groups in total. The highest BCUT2D eigenvalue weighted by atomic mass is 35.5. The molecule has 0 aromatic heterocycles. The van der Waals surface area contributed by atoms with Gasteiger partial charge < -0.3 is 10.6 Å². The van der Waals surface area contributed by atoms with Gasteiger partial charge in [-0.05, 0) is 35.8 Å². The van der Waals surface area contributed by atoms with Crippen molar-refractivity contribution in [2.45, 2.75) is 26.4 Å². The van der Waals surface area contributed by atoms with Crippen LogP contribution in [0.15, 0.2) is 41.5 Å². The van der Waals surface area contributed by atoms with E-state index in [0.29, 0.717) is 19.0 Å². The van der Waals surface area contributed by atoms with E-state index in [1.807, 2.05) is 29.2 Å². The summed E-state index contributed by atoms with van der Waals surface area (Å²) in [7, 11) is 0. The monoisotopic (exact) mass is 465 g/mol. The molecule has 0 saturated carbocycles. The molecular formula is C22H26ClF2N5S. The number of piperazine rings is 1. The first-order valence-corrected chi connectivity index (χ1v) is 10.8. The molecule has 1 aliphatic rings. The summed E-state index contributed by atoms with van der Waals surface area (Å²) in [5.74, 6) is -0.736. The molecule has 0 bridgehead atoms. The first kappa shape index (κ1) is 23.4. The largest absolute Gasteiger partial charge is 0.375 e. The Morgan fingerprint density at radius 1 is 1.29 bits per heavy atom. The predicted octanol–water partition coefficient (Wildman–Crippen LogP) is 4.13. The van der Waals surface area contributed by atoms with Gasteiger partial charge in [0.25, 0.3) is 0 Å². The van der Waals surface area contributed by atoms with E-state index in [4.69, 9.17) is 17.3 Å². The Hall–Kier alpha value is -2.29. The third-order valence-electron chi connectivity index (χ3n) is 5.42. The van der Waals surface area contributed by atoms with Crippen LogP contribution in [0.5, 0.6) is 0 Å². The van der Waals surface area contributed by atoms with Crippen molar-refractivity contribution in [3.05, 3.63) is 64.2 Å². The number of nitrogens with zero attached hydrogens (tertiary/aromatic N) is 3. The van der Waals surface area contributed by atoms with Crippen molar-refractivity contribution in [2.75, 3.05) is 24.5 Å². The summed E-state index contributed by atoms with van der Waals surface area (Å²) in [6.45, 7) is 6.89. The van der Waals surface area contributed by atoms with Gasteiger partial charge in [-0.3, -0.25) is 10.3 Å². The fourth-order valence-corrected chi connectivity index (χ4v) is 4.05. The molecule has 9 heteroatoms. The van der Waals surface area contributed by atoms with Gasteiger partial charge in [0.15, 0.2) is 5.11 Å². The molecule has 1 atom stereocenters. The van der Waals surface area contributed by atoms with Crippen LogP contribution in [0.2, 0.25) is 5.02 Å². The molecule has 1 fully saturated rings. The highest BCUT2D eigenvalue weighted by molar-refractivity contribution is 7.80. The quantitative estimate of drug-likeness (QED) is 0.381. The van der Waals surface area contributed by atoms with E-state index in [1.165, 1.54) is 6.07 Å². The molecule has 0 spiro atoms. The van der Waals surface area contributed by atoms with Gasteiger partial charge in [0.2, 0.25) is 0 Å². The average Bonchev–Trinajstić information content (AvgIpc) is 2.72. The molecule has 1 aliphatic heterocycles. The van der Waals surface area contributed by atoms with Crippen LogP contribution in [0.3, 0.4) is 0 Å². The van der Waals surface area contributed by atoms with Crippen LogP contribution < -0.4 is 16.1 Å². The topological polar surface area (TPSA) is 56.9 Å². The molecule has 1 saturated heterocycles. The van der Waals surface area contributed by atoms with Crippen molar-refractivity contribution >= 4 is 40.8 Å². The number of hydrogen-bond acceptors (Lipinski definition) is 4. The Morgan fingerprint density at radius 2 is 2.03 bits per heavy atom. The van der Waals surface area contributed by atoms with Gasteiger partial charge in [0.1, 0.15) is 11.6 Å². The molecule has 5 nitrogen and oxygen atoms in total. The Balaban J connectivity index is 1.77. The first-order chi connectivity index (χ1) is 14.8. The summed E-state index contributed by atoms with van der Waals surface area (Å²) in [6, 6.07) is 10.3. The van der Waals surface area contributed by atoms with Crippen molar-refractivity contribution in [3.8, 4) is 0 Å². The van der Waals surface area contributed by atoms with Crippen LogP contribution in [-0.2, 0) is 6.54 Å². The van der Waals surface area contributed by atoms with Gasteiger partial charge in [-0.25, -0.2) is 8.78 Å². The van der Waals surface area contributed by atoms with Gasteiger partial charge in [0.05, 0.1) is 11.9 Å². The average molecular weight is 466 g/mol. The Morgan fingerprint density at radius 3 is 2.71 bits per heavy atom. The Bertz CT molecular complexity index is 969. The Labute approximate surface area is 191 Å². The number of rotatable bonds is 6. The van der Waals surface area contributed by atoms with Crippen LogP contribution in [-0.4, -0.2) is 41.9 Å². The second-order valence-electron chi connectivity index (χ2n) is 7.88. The minimum Gasteiger partial charge on any atom is -0.375 e. The van der Waals surface area contributed by atoms with Crippen molar-refractivity contribution in [1.29, 1.82) is 0 Å². The molecule has 2 aromatic rings. The second kappa shape index (κ2) is 10.3. The van der Waals surface area contributed by atoms with E-state index in [0.717, 1.165) is 36.0 Å². The van der Waals surface area contributed by atoms with E-state index < -0.39 is 11.6 Å². The number of hydrazone groups is 1. The number of anilines is 1. The summed E-state index contributed by atoms with van der Waals surface area (Å²) in [5.41, 5.74) is 8.93. The fraction of sp³-hybridized carbons (Fsp3) is 0.364. The maximum Gasteiger partial charge on any atom is 0.184 e. The van der Waals surface area contributed by atoms with Crippen molar-refractivity contribution < 1.29 is 8.78 Å². The zero-order valence-corrected chi connectivity index (χ0v) is 19.1. The van der Waals surface area contributed by atoms with Gasteiger partial charge in [0, 0.05) is 48.9 Å². The SMILES string of the molecule is CC(C)[C@H]1CN(c2cc(F)c(C=NNC(N)=S)cc2F)CCN1Cc1ccccc1Cl. The number of thiocarbonyl (C=S) groups is 1. The number of hydrogen-bond donors (Lipinski definition) is 2. The summed E-state index contributed by atoms with van der Waals surface area (Å²) in [5, 5.41) is 4.38. The first-order valence-electron chi connectivity index (χ1n) is 10.1. The minimum absolute atomic E-state index is 0.0164. The molecule has 0 amide bonds. The van der Waals surface area contributed by atoms with Crippen LogP contribution in [0.25, 0.3) is 0 Å². The molecular weight excluding hydrogens is 440 g/mol. The molecule has 1 heterocycles. The van der Waals surface area contributed by atoms with E-state index in [9.17, 15) is 8.78 Å². The highest BCUT2D eigenvalue weighted by Crippen LogP contribution is 2.29. The molecule has 0 radical (unpaired) electrons. The fourth-order valence-electron chi connectivity index (χ4n) is 3.80. The lowest BCUT2D eigenvalue weighted by atomic mass is 9.98. The molecule has 0 aliphatic carbocycles. The normalized spacial score (nSPS) is 17.5. The van der Waals surface area contributed by atoms with Gasteiger partial charge in [-0.1, -0.05) is 43.6 Å². The maximum atomic E-state index is 14.9. The summed E-state index contributed by atoms with van der Waals surface area (Å²) >= 11 is 11.0. The second-order valence-corrected chi connectivity index (χ2v) is 8.73. The van der Waals surface area contributed by atoms with Gasteiger partial charge in [-0.2, -0.15) is 5.10 Å². The van der Waals surface area contributed by atoms with Crippen LogP contribution in [0.4, 0.5) is 14.5 Å². The van der Waals surface area contributed by atoms with E-state index in [-0.39, 0.29) is 22.4 Å². The van der Waals surface area contributed by atoms with E-state index in [2.05, 4.69) is 41.5 Å². The maximum absolute atomic E-state index is 14.9. The smallest absolute Gasteiger partial charge is 0.184 e. The Kier molecular flexibility index (Phi) is 7.80. The minimum atomic E-state index is -0.565. The number of halogens is 3. The lowest BCUT2D eigenvalue weighted by Gasteiger charge is -2.44. The lowest BCUT2D eigenvalue weighted by molar-refractivity contribution is 0.130. The number of benzene rings is 2. The van der Waals surface area contributed by atoms with Crippen LogP contribution in [0.1, 0.15) is 25.0 Å². The van der Waals surface area contributed by atoms with Crippen molar-refractivity contribution in [2.24, 2.45) is 16.8 Å². The third kappa shape index (κ3) is 5.90. The van der Waals surface area contributed by atoms with E-state index in [1.54, 1.807) is 0 Å². The summed E-state index contributed by atoms with van der Waals surface area (Å²) in [4.78, 5) is 4.26. The number of nitrogens with one attached hydrogen (secondary N) is 1. The van der Waals surface area contributed by atoms with Gasteiger partial charge >= 0.3 is 0 Å². The lowest BCUT2D eigenvalue weighted by Crippen LogP contribution is -2.55. The summed E-state index contributed by atoms with van der Waals surface area (Å²) < 4.78 is 29.4. The van der Waals surface area contributed by atoms with Crippen LogP contribution in [0, 0.1) is 17.6 Å². The zero-order chi connectivity index (χ0) is 22.5. The van der Waals surface area contributed by atoms with E-state index >= 15 is 0 Å². The van der Waals surface area contributed by atoms with Crippen LogP contribution >= 0.6 is 23.8 Å². The molecule has 3 rings (SSSR count). The molecule has 0 unspecified atom stereocenters. The summed E-state index contributed by atoms with van der Waals surface area (Å²) in [6.07, 6.45) is 1.15. The van der Waals surface area contributed by atoms with Gasteiger partial charge in [-0.15, -0.1) is 0 Å². The standard InChI is InChI=1S/C22H26ClF2N5S/c1-14(2)21-13-30(8-7-29(21)12-15-5-3-4-6-17(15)23)20-10-18(24)16(9-19(20)25)11-27-28-22(26)31/h3-6,9-11,14,21H,7-8,12-13H2,1-2H3,(H3,26,28,31)/t21-/m1/s1. The van der Waals surface area contributed by atoms with Crippen molar-refractivity contribution in [3.63, 3.8) is 0 Å². The molecule has 166 valence electrons. The zero-order valence-electron chi connectivity index (χ0n) is 17.5. The molecule has 2 aromatic carbocycles. The predicted molar refractivity (Wildman–Crippen MR) is 127 cm³/mol.